The fourth-order valence-corrected chi connectivity index (χ4v) is 5.15. The quantitative estimate of drug-likeness (QED) is 0.470. The molecule has 1 N–H and O–H groups in total. The van der Waals surface area contributed by atoms with Crippen LogP contribution >= 0.6 is 24.4 Å². The molecule has 11 heteroatoms. The summed E-state index contributed by atoms with van der Waals surface area (Å²) in [6, 6.07) is 3.27. The first-order valence-corrected chi connectivity index (χ1v) is 11.7. The van der Waals surface area contributed by atoms with E-state index < -0.39 is 29.2 Å². The first kappa shape index (κ1) is 24.7. The Bertz CT molecular complexity index is 1180. The third-order valence-electron chi connectivity index (χ3n) is 5.93. The van der Waals surface area contributed by atoms with Crippen LogP contribution in [0.3, 0.4) is 0 Å². The fourth-order valence-electron chi connectivity index (χ4n) is 4.29. The molecule has 0 radical (unpaired) electrons. The highest BCUT2D eigenvalue weighted by Crippen LogP contribution is 2.39. The van der Waals surface area contributed by atoms with Gasteiger partial charge in [0.1, 0.15) is 5.92 Å². The number of nitrogens with zero attached hydrogens (tertiary/aromatic N) is 5. The van der Waals surface area contributed by atoms with Gasteiger partial charge in [0.25, 0.3) is 5.56 Å². The van der Waals surface area contributed by atoms with Crippen molar-refractivity contribution in [2.75, 3.05) is 13.1 Å². The summed E-state index contributed by atoms with van der Waals surface area (Å²) in [6.45, 7) is 8.21. The minimum Gasteiger partial charge on any atom is -0.494 e. The maximum Gasteiger partial charge on any atom is 0.262 e. The van der Waals surface area contributed by atoms with Crippen molar-refractivity contribution in [3.63, 3.8) is 0 Å². The van der Waals surface area contributed by atoms with Gasteiger partial charge in [-0.2, -0.15) is 0 Å². The molecule has 0 aliphatic carbocycles. The first-order chi connectivity index (χ1) is 15.7. The maximum absolute atomic E-state index is 13.6. The van der Waals surface area contributed by atoms with Crippen LogP contribution in [0.1, 0.15) is 44.7 Å². The molecule has 33 heavy (non-hydrogen) atoms. The lowest BCUT2D eigenvalue weighted by Crippen LogP contribution is -2.61. The highest BCUT2D eigenvalue weighted by molar-refractivity contribution is 7.80. The second kappa shape index (κ2) is 9.92. The summed E-state index contributed by atoms with van der Waals surface area (Å²) in [6.07, 6.45) is 3.04. The van der Waals surface area contributed by atoms with Gasteiger partial charge in [-0.3, -0.25) is 38.3 Å². The molecule has 3 heterocycles. The van der Waals surface area contributed by atoms with Gasteiger partial charge in [0.15, 0.2) is 9.88 Å². The van der Waals surface area contributed by atoms with Crippen molar-refractivity contribution in [2.45, 2.75) is 46.7 Å². The Balaban J connectivity index is 2.40. The van der Waals surface area contributed by atoms with Gasteiger partial charge in [-0.1, -0.05) is 0 Å². The zero-order valence-corrected chi connectivity index (χ0v) is 20.7. The molecule has 3 rings (SSSR count). The van der Waals surface area contributed by atoms with Crippen LogP contribution < -0.4 is 5.56 Å². The second-order valence-electron chi connectivity index (χ2n) is 7.50. The van der Waals surface area contributed by atoms with Gasteiger partial charge < -0.3 is 5.11 Å². The van der Waals surface area contributed by atoms with Crippen molar-refractivity contribution < 1.29 is 14.7 Å². The van der Waals surface area contributed by atoms with Crippen LogP contribution in [0.4, 0.5) is 0 Å². The average Bonchev–Trinajstić information content (AvgIpc) is 2.79. The Kier molecular flexibility index (Phi) is 7.43. The minimum atomic E-state index is -1.29. The summed E-state index contributed by atoms with van der Waals surface area (Å²) < 4.78 is 2.97. The summed E-state index contributed by atoms with van der Waals surface area (Å²) in [4.78, 5) is 47.5. The lowest BCUT2D eigenvalue weighted by atomic mass is 9.79. The third kappa shape index (κ3) is 3.99. The van der Waals surface area contributed by atoms with E-state index in [-0.39, 0.29) is 41.0 Å². The Morgan fingerprint density at radius 3 is 1.88 bits per heavy atom. The Morgan fingerprint density at radius 2 is 1.42 bits per heavy atom. The van der Waals surface area contributed by atoms with Gasteiger partial charge in [0, 0.05) is 44.5 Å². The molecule has 0 unspecified atom stereocenters. The normalized spacial score (nSPS) is 15.9. The van der Waals surface area contributed by atoms with Crippen LogP contribution in [0.2, 0.25) is 0 Å². The zero-order chi connectivity index (χ0) is 24.4. The Morgan fingerprint density at radius 1 is 0.909 bits per heavy atom. The first-order valence-electron chi connectivity index (χ1n) is 10.9. The molecule has 0 aromatic carbocycles. The molecular weight excluding hydrogens is 462 g/mol. The van der Waals surface area contributed by atoms with Crippen molar-refractivity contribution in [1.29, 1.82) is 0 Å². The molecule has 1 atom stereocenters. The number of rotatable bonds is 7. The number of thiocarbonyl (C=S) groups is 1. The lowest BCUT2D eigenvalue weighted by Gasteiger charge is -2.41. The van der Waals surface area contributed by atoms with E-state index in [2.05, 4.69) is 4.98 Å². The number of carbonyl (C=O) groups is 2. The van der Waals surface area contributed by atoms with Gasteiger partial charge in [0.2, 0.25) is 17.7 Å². The summed E-state index contributed by atoms with van der Waals surface area (Å²) in [5.74, 6) is -3.71. The zero-order valence-electron chi connectivity index (χ0n) is 19.0. The second-order valence-corrected chi connectivity index (χ2v) is 8.23. The highest BCUT2D eigenvalue weighted by atomic mass is 32.1. The van der Waals surface area contributed by atoms with E-state index in [1.165, 1.54) is 31.3 Å². The number of amides is 2. The number of hydrogen-bond acceptors (Lipinski definition) is 7. The van der Waals surface area contributed by atoms with Gasteiger partial charge in [-0.05, 0) is 69.8 Å². The molecule has 1 aliphatic heterocycles. The van der Waals surface area contributed by atoms with E-state index in [4.69, 9.17) is 24.4 Å². The smallest absolute Gasteiger partial charge is 0.262 e. The summed E-state index contributed by atoms with van der Waals surface area (Å²) in [5, 5.41) is 11.3. The molecule has 0 saturated carbocycles. The van der Waals surface area contributed by atoms with Crippen molar-refractivity contribution >= 4 is 41.4 Å². The predicted molar refractivity (Wildman–Crippen MR) is 129 cm³/mol. The molecular formula is C22H27N5O4S2. The Labute approximate surface area is 202 Å². The van der Waals surface area contributed by atoms with E-state index in [1.54, 1.807) is 39.8 Å². The molecule has 176 valence electrons. The van der Waals surface area contributed by atoms with Crippen molar-refractivity contribution in [3.8, 4) is 5.88 Å². The van der Waals surface area contributed by atoms with Gasteiger partial charge >= 0.3 is 0 Å². The standard InChI is InChI=1S/C22H27N5O4S2/c1-5-24-17(28)15(18(29)25(6-2)21(24)32)14(13-9-11-23-12-10-13)16-19(30)26(7-3)22(33)27(8-4)20(16)31/h9-12,14-15,30H,5-8H2,1-4H3/t14-/m1/s1. The lowest BCUT2D eigenvalue weighted by molar-refractivity contribution is -0.147. The van der Waals surface area contributed by atoms with Crippen molar-refractivity contribution in [2.24, 2.45) is 5.92 Å². The number of hydrogen-bond donors (Lipinski definition) is 1. The summed E-state index contributed by atoms with van der Waals surface area (Å²) in [5.41, 5.74) is -0.0806. The highest BCUT2D eigenvalue weighted by Gasteiger charge is 2.49. The van der Waals surface area contributed by atoms with E-state index in [0.29, 0.717) is 12.1 Å². The molecule has 9 nitrogen and oxygen atoms in total. The number of pyridine rings is 1. The molecule has 2 aromatic heterocycles. The van der Waals surface area contributed by atoms with E-state index >= 15 is 0 Å². The third-order valence-corrected chi connectivity index (χ3v) is 6.82. The monoisotopic (exact) mass is 489 g/mol. The fraction of sp³-hybridized carbons (Fsp3) is 0.455. The molecule has 1 aliphatic rings. The average molecular weight is 490 g/mol. The summed E-state index contributed by atoms with van der Waals surface area (Å²) in [7, 11) is 0. The SMILES string of the molecule is CCN1C(=O)C([C@@H](c2ccncc2)c2c(O)n(CC)c(=S)n(CC)c2=O)C(=O)N(CC)C1=S. The van der Waals surface area contributed by atoms with Crippen LogP contribution in [0.5, 0.6) is 5.88 Å². The minimum absolute atomic E-state index is 0.0508. The molecule has 2 aromatic rings. The van der Waals surface area contributed by atoms with E-state index in [0.717, 1.165) is 0 Å². The number of aromatic nitrogens is 3. The van der Waals surface area contributed by atoms with Crippen molar-refractivity contribution in [1.82, 2.24) is 23.9 Å². The molecule has 0 spiro atoms. The maximum atomic E-state index is 13.6. The predicted octanol–water partition coefficient (Wildman–Crippen LogP) is 2.26. The van der Waals surface area contributed by atoms with E-state index in [9.17, 15) is 19.5 Å². The number of carbonyl (C=O) groups excluding carboxylic acids is 2. The topological polar surface area (TPSA) is 101 Å². The molecule has 2 amide bonds. The van der Waals surface area contributed by atoms with Gasteiger partial charge in [-0.25, -0.2) is 0 Å². The largest absolute Gasteiger partial charge is 0.494 e. The molecule has 1 fully saturated rings. The van der Waals surface area contributed by atoms with Crippen LogP contribution in [0.15, 0.2) is 29.3 Å². The molecule has 0 bridgehead atoms. The number of aromatic hydroxyl groups is 1. The van der Waals surface area contributed by atoms with Crippen LogP contribution in [0, 0.1) is 10.7 Å². The van der Waals surface area contributed by atoms with Crippen LogP contribution in [0.25, 0.3) is 0 Å². The van der Waals surface area contributed by atoms with Crippen LogP contribution in [-0.2, 0) is 22.7 Å². The van der Waals surface area contributed by atoms with Gasteiger partial charge in [0.05, 0.1) is 5.56 Å². The Hall–Kier alpha value is -2.92. The molecule has 1 saturated heterocycles. The van der Waals surface area contributed by atoms with Gasteiger partial charge in [-0.15, -0.1) is 0 Å². The van der Waals surface area contributed by atoms with Crippen LogP contribution in [-0.4, -0.2) is 59.0 Å². The van der Waals surface area contributed by atoms with E-state index in [1.807, 2.05) is 0 Å². The van der Waals surface area contributed by atoms with Crippen molar-refractivity contribution in [3.05, 3.63) is 50.8 Å². The summed E-state index contributed by atoms with van der Waals surface area (Å²) >= 11 is 10.8.